The van der Waals surface area contributed by atoms with E-state index in [1.807, 2.05) is 12.1 Å². The molecule has 3 aromatic carbocycles. The third-order valence-corrected chi connectivity index (χ3v) is 5.45. The first kappa shape index (κ1) is 28.9. The van der Waals surface area contributed by atoms with Crippen molar-refractivity contribution in [3.63, 3.8) is 0 Å². The van der Waals surface area contributed by atoms with Crippen LogP contribution in [0.15, 0.2) is 66.7 Å². The number of ether oxygens (including phenoxy) is 1. The maximum absolute atomic E-state index is 12.9. The molecule has 7 nitrogen and oxygen atoms in total. The summed E-state index contributed by atoms with van der Waals surface area (Å²) in [6.45, 7) is 7.86. The van der Waals surface area contributed by atoms with Crippen LogP contribution in [-0.2, 0) is 22.4 Å². The third-order valence-electron chi connectivity index (χ3n) is 5.45. The topological polar surface area (TPSA) is 115 Å². The zero-order valence-corrected chi connectivity index (χ0v) is 21.3. The Labute approximate surface area is 216 Å². The Kier molecular flexibility index (Phi) is 10.7. The average Bonchev–Trinajstić information content (AvgIpc) is 2.85. The molecule has 0 aliphatic carbocycles. The molecule has 0 fully saturated rings. The van der Waals surface area contributed by atoms with Crippen LogP contribution in [0.4, 0.5) is 0 Å². The fourth-order valence-electron chi connectivity index (χ4n) is 3.71. The predicted octanol–water partition coefficient (Wildman–Crippen LogP) is 6.06. The van der Waals surface area contributed by atoms with Crippen molar-refractivity contribution in [3.05, 3.63) is 94.5 Å². The highest BCUT2D eigenvalue weighted by Crippen LogP contribution is 2.24. The molecule has 0 radical (unpaired) electrons. The predicted molar refractivity (Wildman–Crippen MR) is 137 cm³/mol. The largest absolute Gasteiger partial charge is 0.478 e. The van der Waals surface area contributed by atoms with Crippen molar-refractivity contribution in [2.24, 2.45) is 11.8 Å². The summed E-state index contributed by atoms with van der Waals surface area (Å²) in [5, 5.41) is 9.58. The van der Waals surface area contributed by atoms with Crippen LogP contribution in [0.2, 0.25) is 0 Å². The number of carbonyl (C=O) groups is 3. The molecule has 0 unspecified atom stereocenters. The van der Waals surface area contributed by atoms with E-state index >= 15 is 0 Å². The van der Waals surface area contributed by atoms with Crippen molar-refractivity contribution in [1.82, 2.24) is 0 Å². The fraction of sp³-hybridized carbons (Fsp3) is 0.267. The van der Waals surface area contributed by atoms with E-state index in [2.05, 4.69) is 26.0 Å². The quantitative estimate of drug-likeness (QED) is 0.335. The lowest BCUT2D eigenvalue weighted by atomic mass is 9.93. The number of carboxylic acid groups (broad SMARTS) is 1. The number of carboxylic acids is 1. The van der Waals surface area contributed by atoms with E-state index in [4.69, 9.17) is 14.3 Å². The summed E-state index contributed by atoms with van der Waals surface area (Å²) in [4.78, 5) is 53.1. The molecule has 0 atom stereocenters. The summed E-state index contributed by atoms with van der Waals surface area (Å²) >= 11 is 0. The molecule has 0 aliphatic heterocycles. The average molecular weight is 503 g/mol. The molecule has 0 spiro atoms. The van der Waals surface area contributed by atoms with Crippen molar-refractivity contribution < 1.29 is 33.8 Å². The van der Waals surface area contributed by atoms with E-state index < -0.39 is 5.97 Å². The number of benzene rings is 3. The molecule has 0 aliphatic rings. The van der Waals surface area contributed by atoms with Gasteiger partial charge in [-0.1, -0.05) is 58.0 Å². The van der Waals surface area contributed by atoms with Gasteiger partial charge in [-0.3, -0.25) is 9.59 Å². The second kappa shape index (κ2) is 13.7. The zero-order valence-electron chi connectivity index (χ0n) is 21.3. The Balaban J connectivity index is 0.00000153. The van der Waals surface area contributed by atoms with Gasteiger partial charge in [-0.2, -0.15) is 9.59 Å². The second-order valence-electron chi connectivity index (χ2n) is 9.26. The van der Waals surface area contributed by atoms with E-state index in [0.717, 1.165) is 17.7 Å². The number of hydrogen-bond donors (Lipinski definition) is 1. The molecule has 37 heavy (non-hydrogen) atoms. The highest BCUT2D eigenvalue weighted by molar-refractivity contribution is 6.08. The maximum Gasteiger partial charge on any atom is 0.373 e. The van der Waals surface area contributed by atoms with Crippen LogP contribution in [0.1, 0.15) is 69.9 Å². The van der Waals surface area contributed by atoms with E-state index in [-0.39, 0.29) is 41.2 Å². The number of hydrogen-bond acceptors (Lipinski definition) is 6. The molecule has 0 bridgehead atoms. The van der Waals surface area contributed by atoms with Gasteiger partial charge in [0.1, 0.15) is 11.5 Å². The third kappa shape index (κ3) is 8.67. The number of carbonyl (C=O) groups excluding carboxylic acids is 4. The van der Waals surface area contributed by atoms with Crippen molar-refractivity contribution in [1.29, 1.82) is 0 Å². The zero-order chi connectivity index (χ0) is 27.5. The maximum atomic E-state index is 12.9. The van der Waals surface area contributed by atoms with Crippen LogP contribution in [0, 0.1) is 11.8 Å². The monoisotopic (exact) mass is 502 g/mol. The van der Waals surface area contributed by atoms with Gasteiger partial charge in [0.2, 0.25) is 0 Å². The molecule has 3 rings (SSSR count). The van der Waals surface area contributed by atoms with Crippen LogP contribution >= 0.6 is 0 Å². The van der Waals surface area contributed by atoms with Gasteiger partial charge in [0, 0.05) is 23.5 Å². The van der Waals surface area contributed by atoms with Gasteiger partial charge in [-0.15, -0.1) is 0 Å². The van der Waals surface area contributed by atoms with Gasteiger partial charge in [0.15, 0.2) is 11.6 Å². The number of rotatable bonds is 10. The molecule has 192 valence electrons. The molecular weight excluding hydrogens is 472 g/mol. The fourth-order valence-corrected chi connectivity index (χ4v) is 3.71. The van der Waals surface area contributed by atoms with Gasteiger partial charge in [0.25, 0.3) is 0 Å². The summed E-state index contributed by atoms with van der Waals surface area (Å²) < 4.78 is 5.89. The van der Waals surface area contributed by atoms with E-state index in [1.165, 1.54) is 23.8 Å². The second-order valence-corrected chi connectivity index (χ2v) is 9.26. The molecule has 0 amide bonds. The smallest absolute Gasteiger partial charge is 0.373 e. The first-order chi connectivity index (χ1) is 17.5. The van der Waals surface area contributed by atoms with Gasteiger partial charge in [-0.05, 0) is 59.9 Å². The van der Waals surface area contributed by atoms with Crippen LogP contribution in [0.3, 0.4) is 0 Å². The Morgan fingerprint density at radius 1 is 0.784 bits per heavy atom. The molecule has 0 aromatic heterocycles. The molecule has 0 saturated heterocycles. The van der Waals surface area contributed by atoms with Crippen LogP contribution < -0.4 is 4.74 Å². The van der Waals surface area contributed by atoms with E-state index in [1.54, 1.807) is 38.1 Å². The first-order valence-electron chi connectivity index (χ1n) is 11.9. The lowest BCUT2D eigenvalue weighted by Crippen LogP contribution is -2.14. The minimum absolute atomic E-state index is 0.0436. The van der Waals surface area contributed by atoms with E-state index in [0.29, 0.717) is 17.2 Å². The lowest BCUT2D eigenvalue weighted by molar-refractivity contribution is -0.191. The number of ketones is 2. The van der Waals surface area contributed by atoms with Crippen LogP contribution in [0.25, 0.3) is 0 Å². The minimum atomic E-state index is -1.23. The summed E-state index contributed by atoms with van der Waals surface area (Å²) in [6.07, 6.45) is 1.31. The number of aromatic carboxylic acids is 1. The van der Waals surface area contributed by atoms with Gasteiger partial charge >= 0.3 is 12.1 Å². The van der Waals surface area contributed by atoms with Crippen LogP contribution in [0.5, 0.6) is 11.5 Å². The molecule has 0 heterocycles. The lowest BCUT2D eigenvalue weighted by Gasteiger charge is -2.10. The Bertz CT molecular complexity index is 1260. The highest BCUT2D eigenvalue weighted by Gasteiger charge is 2.20. The van der Waals surface area contributed by atoms with Crippen LogP contribution in [-0.4, -0.2) is 28.8 Å². The highest BCUT2D eigenvalue weighted by atomic mass is 16.5. The van der Waals surface area contributed by atoms with Gasteiger partial charge in [0.05, 0.1) is 5.56 Å². The number of Topliss-reactive ketones (excluding diaryl/α,β-unsaturated/α-hetero) is 2. The summed E-state index contributed by atoms with van der Waals surface area (Å²) in [7, 11) is 0. The standard InChI is InChI=1S/C29H30O5.CO2/c1-18(2)15-20-5-10-23(11-6-20)34-24-12-7-21(8-13-24)16-27(30)25-14-9-22(28(31)19(3)4)17-26(25)29(32)33;2-1-3/h5-14,17-19H,15-16H2,1-4H3,(H,32,33);. The molecular formula is C30H30O7. The van der Waals surface area contributed by atoms with Crippen molar-refractivity contribution >= 4 is 23.7 Å². The van der Waals surface area contributed by atoms with Crippen molar-refractivity contribution in [3.8, 4) is 11.5 Å². The summed E-state index contributed by atoms with van der Waals surface area (Å²) in [5.74, 6) is -0.00283. The molecule has 0 saturated carbocycles. The summed E-state index contributed by atoms with van der Waals surface area (Å²) in [5.41, 5.74) is 2.23. The van der Waals surface area contributed by atoms with E-state index in [9.17, 15) is 19.5 Å². The Morgan fingerprint density at radius 3 is 1.76 bits per heavy atom. The van der Waals surface area contributed by atoms with Crippen molar-refractivity contribution in [2.45, 2.75) is 40.5 Å². The first-order valence-corrected chi connectivity index (χ1v) is 11.9. The molecule has 1 N–H and O–H groups in total. The molecule has 7 heteroatoms. The SMILES string of the molecule is CC(C)Cc1ccc(Oc2ccc(CC(=O)c3ccc(C(=O)C(C)C)cc3C(=O)O)cc2)cc1.O=C=O. The minimum Gasteiger partial charge on any atom is -0.478 e. The van der Waals surface area contributed by atoms with Gasteiger partial charge in [-0.25, -0.2) is 4.79 Å². The van der Waals surface area contributed by atoms with Gasteiger partial charge < -0.3 is 9.84 Å². The normalized spacial score (nSPS) is 10.3. The Hall–Kier alpha value is -4.35. The van der Waals surface area contributed by atoms with Crippen molar-refractivity contribution in [2.75, 3.05) is 0 Å². The summed E-state index contributed by atoms with van der Waals surface area (Å²) in [6, 6.07) is 19.4. The molecule has 3 aromatic rings. The Morgan fingerprint density at radius 2 is 1.30 bits per heavy atom.